The van der Waals surface area contributed by atoms with Crippen molar-refractivity contribution >= 4 is 55.1 Å². The van der Waals surface area contributed by atoms with Crippen LogP contribution in [0.4, 0.5) is 0 Å². The fraction of sp³-hybridized carbons (Fsp3) is 0.455. The number of esters is 2. The summed E-state index contributed by atoms with van der Waals surface area (Å²) in [6.07, 6.45) is 5.71. The van der Waals surface area contributed by atoms with Crippen LogP contribution in [-0.4, -0.2) is 58.7 Å². The van der Waals surface area contributed by atoms with Crippen molar-refractivity contribution in [1.82, 2.24) is 9.97 Å². The summed E-state index contributed by atoms with van der Waals surface area (Å²) in [6.45, 7) is 0.487. The smallest absolute Gasteiger partial charge is 0.322 e. The summed E-state index contributed by atoms with van der Waals surface area (Å²) in [5, 5.41) is 1.84. The highest BCUT2D eigenvalue weighted by atomic mass is 33.1. The third-order valence-electron chi connectivity index (χ3n) is 4.22. The fourth-order valence-corrected chi connectivity index (χ4v) is 6.32. The molecule has 0 aromatic carbocycles. The molecule has 0 saturated heterocycles. The number of pyridine rings is 2. The van der Waals surface area contributed by atoms with Crippen LogP contribution in [0.25, 0.3) is 0 Å². The Balaban J connectivity index is 1.42. The van der Waals surface area contributed by atoms with E-state index in [1.54, 1.807) is 55.6 Å². The van der Waals surface area contributed by atoms with Crippen LogP contribution in [0.1, 0.15) is 25.7 Å². The molecule has 2 unspecified atom stereocenters. The standard InChI is InChI=1S/C22H30N4O4S4/c23-17(9-15-31-33-19-7-1-3-11-25-19)21(27)29-13-5-6-14-30-22(28)18(24)10-16-32-34-20-8-2-4-12-26-20/h1-4,7-8,11-12,17-18H,5-6,9-10,13-16,23-24H2. The Kier molecular flexibility index (Phi) is 15.2. The molecule has 2 aromatic heterocycles. The SMILES string of the molecule is NC(CCSSc1ccccn1)C(=O)OCCCCOC(=O)C(N)CCSSc1ccccn1. The van der Waals surface area contributed by atoms with Gasteiger partial charge in [0.05, 0.1) is 13.2 Å². The molecule has 2 heterocycles. The highest BCUT2D eigenvalue weighted by Gasteiger charge is 2.16. The molecule has 12 heteroatoms. The number of hydrogen-bond acceptors (Lipinski definition) is 12. The third kappa shape index (κ3) is 12.9. The molecule has 0 bridgehead atoms. The number of rotatable bonds is 17. The molecule has 0 radical (unpaired) electrons. The first-order valence-electron chi connectivity index (χ1n) is 10.8. The maximum absolute atomic E-state index is 12.0. The summed E-state index contributed by atoms with van der Waals surface area (Å²) >= 11 is 0. The number of unbranched alkanes of at least 4 members (excludes halogenated alkanes) is 1. The van der Waals surface area contributed by atoms with Crippen LogP contribution in [0.3, 0.4) is 0 Å². The number of ether oxygens (including phenoxy) is 2. The van der Waals surface area contributed by atoms with E-state index in [2.05, 4.69) is 9.97 Å². The average molecular weight is 543 g/mol. The Morgan fingerprint density at radius 1 is 0.765 bits per heavy atom. The molecule has 0 saturated carbocycles. The first-order chi connectivity index (χ1) is 16.6. The highest BCUT2D eigenvalue weighted by Crippen LogP contribution is 2.30. The molecule has 0 aliphatic rings. The van der Waals surface area contributed by atoms with Crippen molar-refractivity contribution in [2.45, 2.75) is 47.8 Å². The predicted octanol–water partition coefficient (Wildman–Crippen LogP) is 3.96. The van der Waals surface area contributed by atoms with E-state index in [0.29, 0.717) is 37.2 Å². The number of nitrogens with two attached hydrogens (primary N) is 2. The minimum atomic E-state index is -0.652. The van der Waals surface area contributed by atoms with Crippen molar-refractivity contribution in [3.05, 3.63) is 48.8 Å². The average Bonchev–Trinajstić information content (AvgIpc) is 2.87. The molecule has 34 heavy (non-hydrogen) atoms. The monoisotopic (exact) mass is 542 g/mol. The van der Waals surface area contributed by atoms with E-state index < -0.39 is 24.0 Å². The van der Waals surface area contributed by atoms with Gasteiger partial charge in [0.1, 0.15) is 22.1 Å². The van der Waals surface area contributed by atoms with Crippen LogP contribution < -0.4 is 11.5 Å². The summed E-state index contributed by atoms with van der Waals surface area (Å²) in [5.41, 5.74) is 11.8. The van der Waals surface area contributed by atoms with E-state index in [-0.39, 0.29) is 13.2 Å². The zero-order chi connectivity index (χ0) is 24.4. The van der Waals surface area contributed by atoms with Crippen molar-refractivity contribution in [2.24, 2.45) is 11.5 Å². The second kappa shape index (κ2) is 17.9. The van der Waals surface area contributed by atoms with Crippen LogP contribution in [0.2, 0.25) is 0 Å². The Bertz CT molecular complexity index is 767. The molecule has 186 valence electrons. The summed E-state index contributed by atoms with van der Waals surface area (Å²) in [5.74, 6) is 0.606. The lowest BCUT2D eigenvalue weighted by atomic mass is 10.2. The maximum Gasteiger partial charge on any atom is 0.322 e. The van der Waals surface area contributed by atoms with Crippen LogP contribution in [0, 0.1) is 0 Å². The van der Waals surface area contributed by atoms with E-state index in [9.17, 15) is 9.59 Å². The van der Waals surface area contributed by atoms with E-state index in [4.69, 9.17) is 20.9 Å². The molecular formula is C22H30N4O4S4. The lowest BCUT2D eigenvalue weighted by Crippen LogP contribution is -2.33. The van der Waals surface area contributed by atoms with Gasteiger partial charge in [-0.3, -0.25) is 9.59 Å². The predicted molar refractivity (Wildman–Crippen MR) is 141 cm³/mol. The molecule has 0 amide bonds. The van der Waals surface area contributed by atoms with Crippen molar-refractivity contribution in [3.63, 3.8) is 0 Å². The van der Waals surface area contributed by atoms with E-state index in [1.165, 1.54) is 0 Å². The van der Waals surface area contributed by atoms with Gasteiger partial charge in [0.2, 0.25) is 0 Å². The van der Waals surface area contributed by atoms with Crippen LogP contribution in [-0.2, 0) is 19.1 Å². The van der Waals surface area contributed by atoms with Gasteiger partial charge < -0.3 is 20.9 Å². The van der Waals surface area contributed by atoms with Crippen LogP contribution in [0.15, 0.2) is 58.8 Å². The van der Waals surface area contributed by atoms with Crippen molar-refractivity contribution in [1.29, 1.82) is 0 Å². The Hall–Kier alpha value is -1.44. The van der Waals surface area contributed by atoms with Gasteiger partial charge in [-0.15, -0.1) is 0 Å². The van der Waals surface area contributed by atoms with Gasteiger partial charge in [0, 0.05) is 23.9 Å². The van der Waals surface area contributed by atoms with Crippen LogP contribution in [0.5, 0.6) is 0 Å². The number of nitrogens with zero attached hydrogens (tertiary/aromatic N) is 2. The zero-order valence-electron chi connectivity index (χ0n) is 18.7. The van der Waals surface area contributed by atoms with Crippen molar-refractivity contribution < 1.29 is 19.1 Å². The summed E-state index contributed by atoms with van der Waals surface area (Å²) < 4.78 is 10.4. The normalized spacial score (nSPS) is 12.6. The maximum atomic E-state index is 12.0. The number of hydrogen-bond donors (Lipinski definition) is 2. The van der Waals surface area contributed by atoms with Gasteiger partial charge in [-0.1, -0.05) is 33.7 Å². The minimum Gasteiger partial charge on any atom is -0.465 e. The lowest BCUT2D eigenvalue weighted by molar-refractivity contribution is -0.147. The first-order valence-corrected chi connectivity index (χ1v) is 15.5. The van der Waals surface area contributed by atoms with Gasteiger partial charge in [-0.2, -0.15) is 0 Å². The van der Waals surface area contributed by atoms with Gasteiger partial charge in [-0.05, 0) is 71.5 Å². The minimum absolute atomic E-state index is 0.243. The molecule has 2 atom stereocenters. The lowest BCUT2D eigenvalue weighted by Gasteiger charge is -2.12. The summed E-state index contributed by atoms with van der Waals surface area (Å²) in [6, 6.07) is 10.2. The Morgan fingerprint density at radius 2 is 1.21 bits per heavy atom. The topological polar surface area (TPSA) is 130 Å². The number of aromatic nitrogens is 2. The number of carbonyl (C=O) groups excluding carboxylic acids is 2. The van der Waals surface area contributed by atoms with Crippen molar-refractivity contribution in [3.8, 4) is 0 Å². The second-order valence-electron chi connectivity index (χ2n) is 6.98. The summed E-state index contributed by atoms with van der Waals surface area (Å²) in [7, 11) is 6.30. The zero-order valence-corrected chi connectivity index (χ0v) is 22.0. The molecule has 4 N–H and O–H groups in total. The molecule has 0 aliphatic carbocycles. The number of carbonyl (C=O) groups is 2. The molecular weight excluding hydrogens is 513 g/mol. The molecule has 8 nitrogen and oxygen atoms in total. The van der Waals surface area contributed by atoms with Gasteiger partial charge in [0.15, 0.2) is 0 Å². The largest absolute Gasteiger partial charge is 0.465 e. The first kappa shape index (κ1) is 28.8. The summed E-state index contributed by atoms with van der Waals surface area (Å²) in [4.78, 5) is 32.4. The fourth-order valence-electron chi connectivity index (χ4n) is 2.35. The highest BCUT2D eigenvalue weighted by molar-refractivity contribution is 8.77. The molecule has 2 aromatic rings. The molecule has 0 fully saturated rings. The quantitative estimate of drug-likeness (QED) is 0.170. The van der Waals surface area contributed by atoms with Gasteiger partial charge in [0.25, 0.3) is 0 Å². The molecule has 0 spiro atoms. The van der Waals surface area contributed by atoms with Gasteiger partial charge in [-0.25, -0.2) is 9.97 Å². The van der Waals surface area contributed by atoms with Gasteiger partial charge >= 0.3 is 11.9 Å². The Morgan fingerprint density at radius 3 is 1.59 bits per heavy atom. The van der Waals surface area contributed by atoms with E-state index in [0.717, 1.165) is 10.1 Å². The second-order valence-corrected chi connectivity index (χ2v) is 11.9. The third-order valence-corrected chi connectivity index (χ3v) is 8.82. The molecule has 0 aliphatic heterocycles. The van der Waals surface area contributed by atoms with E-state index in [1.807, 2.05) is 36.4 Å². The van der Waals surface area contributed by atoms with Crippen LogP contribution >= 0.6 is 43.2 Å². The van der Waals surface area contributed by atoms with E-state index >= 15 is 0 Å². The molecule has 2 rings (SSSR count). The Labute approximate surface area is 216 Å². The van der Waals surface area contributed by atoms with Crippen molar-refractivity contribution in [2.75, 3.05) is 24.7 Å².